The van der Waals surface area contributed by atoms with Gasteiger partial charge in [0.1, 0.15) is 0 Å². The summed E-state index contributed by atoms with van der Waals surface area (Å²) in [5, 5.41) is 3.10. The van der Waals surface area contributed by atoms with Gasteiger partial charge in [0.2, 0.25) is 5.91 Å². The highest BCUT2D eigenvalue weighted by atomic mass is 16.2. The van der Waals surface area contributed by atoms with Crippen molar-refractivity contribution in [3.63, 3.8) is 0 Å². The summed E-state index contributed by atoms with van der Waals surface area (Å²) in [6.07, 6.45) is 4.42. The van der Waals surface area contributed by atoms with E-state index in [9.17, 15) is 4.79 Å². The first-order valence-corrected chi connectivity index (χ1v) is 7.33. The van der Waals surface area contributed by atoms with E-state index in [4.69, 9.17) is 5.73 Å². The summed E-state index contributed by atoms with van der Waals surface area (Å²) in [5.41, 5.74) is 5.59. The Morgan fingerprint density at radius 1 is 1.50 bits per heavy atom. The number of nitrogens with zero attached hydrogens (tertiary/aromatic N) is 1. The molecule has 0 saturated carbocycles. The molecule has 1 rings (SSSR count). The Labute approximate surface area is 111 Å². The molecule has 0 spiro atoms. The van der Waals surface area contributed by atoms with E-state index in [0.29, 0.717) is 5.92 Å². The Hall–Kier alpha value is -0.610. The second kappa shape index (κ2) is 7.74. The van der Waals surface area contributed by atoms with Crippen molar-refractivity contribution in [2.24, 2.45) is 11.7 Å². The molecule has 4 nitrogen and oxygen atoms in total. The van der Waals surface area contributed by atoms with Crippen molar-refractivity contribution in [3.05, 3.63) is 0 Å². The number of nitrogens with one attached hydrogen (secondary N) is 1. The smallest absolute Gasteiger partial charge is 0.237 e. The van der Waals surface area contributed by atoms with E-state index in [2.05, 4.69) is 24.1 Å². The van der Waals surface area contributed by atoms with E-state index in [1.165, 1.54) is 6.42 Å². The van der Waals surface area contributed by atoms with Crippen LogP contribution in [-0.4, -0.2) is 42.5 Å². The molecule has 1 aliphatic rings. The summed E-state index contributed by atoms with van der Waals surface area (Å²) in [7, 11) is 0. The lowest BCUT2D eigenvalue weighted by Gasteiger charge is -2.25. The van der Waals surface area contributed by atoms with Crippen LogP contribution in [0.15, 0.2) is 0 Å². The maximum atomic E-state index is 12.1. The molecule has 3 unspecified atom stereocenters. The Morgan fingerprint density at radius 3 is 2.83 bits per heavy atom. The van der Waals surface area contributed by atoms with E-state index in [1.807, 2.05) is 6.92 Å². The van der Waals surface area contributed by atoms with Crippen molar-refractivity contribution in [1.29, 1.82) is 0 Å². The molecule has 18 heavy (non-hydrogen) atoms. The predicted octanol–water partition coefficient (Wildman–Crippen LogP) is 1.35. The maximum Gasteiger partial charge on any atom is 0.237 e. The number of carbonyl (C=O) groups is 1. The summed E-state index contributed by atoms with van der Waals surface area (Å²) in [6.45, 7) is 9.04. The summed E-state index contributed by atoms with van der Waals surface area (Å²) < 4.78 is 0. The topological polar surface area (TPSA) is 58.4 Å². The van der Waals surface area contributed by atoms with Gasteiger partial charge in [0.15, 0.2) is 0 Å². The first-order valence-electron chi connectivity index (χ1n) is 7.33. The minimum Gasteiger partial charge on any atom is -0.352 e. The number of hydrogen-bond acceptors (Lipinski definition) is 3. The lowest BCUT2D eigenvalue weighted by atomic mass is 10.1. The summed E-state index contributed by atoms with van der Waals surface area (Å²) >= 11 is 0. The molecule has 4 heteroatoms. The molecule has 3 N–H and O–H groups in total. The van der Waals surface area contributed by atoms with Gasteiger partial charge in [0.05, 0.1) is 6.04 Å². The first kappa shape index (κ1) is 15.4. The molecule has 1 saturated heterocycles. The van der Waals surface area contributed by atoms with Crippen molar-refractivity contribution < 1.29 is 4.79 Å². The average Bonchev–Trinajstić information content (AvgIpc) is 2.77. The molecule has 3 atom stereocenters. The normalized spacial score (nSPS) is 23.9. The third-order valence-electron chi connectivity index (χ3n) is 3.93. The fourth-order valence-corrected chi connectivity index (χ4v) is 2.72. The van der Waals surface area contributed by atoms with Crippen molar-refractivity contribution in [3.8, 4) is 0 Å². The zero-order valence-electron chi connectivity index (χ0n) is 12.1. The van der Waals surface area contributed by atoms with Gasteiger partial charge in [-0.2, -0.15) is 0 Å². The van der Waals surface area contributed by atoms with Gasteiger partial charge in [0.25, 0.3) is 0 Å². The lowest BCUT2D eigenvalue weighted by Crippen LogP contribution is -2.46. The van der Waals surface area contributed by atoms with Gasteiger partial charge in [0, 0.05) is 12.6 Å². The Morgan fingerprint density at radius 2 is 2.22 bits per heavy atom. The van der Waals surface area contributed by atoms with Crippen LogP contribution in [0.5, 0.6) is 0 Å². The number of hydrogen-bond donors (Lipinski definition) is 2. The van der Waals surface area contributed by atoms with E-state index in [1.54, 1.807) is 0 Å². The molecule has 0 aromatic rings. The predicted molar refractivity (Wildman–Crippen MR) is 75.3 cm³/mol. The summed E-state index contributed by atoms with van der Waals surface area (Å²) in [5.74, 6) is 0.850. The van der Waals surface area contributed by atoms with Crippen molar-refractivity contribution in [1.82, 2.24) is 10.2 Å². The van der Waals surface area contributed by atoms with E-state index >= 15 is 0 Å². The number of likely N-dealkylation sites (tertiary alicyclic amines) is 1. The summed E-state index contributed by atoms with van der Waals surface area (Å²) in [6, 6.07) is 0.277. The van der Waals surface area contributed by atoms with Crippen LogP contribution in [0.2, 0.25) is 0 Å². The monoisotopic (exact) mass is 255 g/mol. The molecule has 0 radical (unpaired) electrons. The SMILES string of the molecule is CCCC(C)NC(=O)C(C)N1CCC(CCN)C1. The lowest BCUT2D eigenvalue weighted by molar-refractivity contribution is -0.126. The van der Waals surface area contributed by atoms with Gasteiger partial charge in [-0.1, -0.05) is 13.3 Å². The molecule has 0 bridgehead atoms. The van der Waals surface area contributed by atoms with Gasteiger partial charge < -0.3 is 11.1 Å². The number of carbonyl (C=O) groups excluding carboxylic acids is 1. The number of rotatable bonds is 7. The van der Waals surface area contributed by atoms with Crippen LogP contribution in [0, 0.1) is 5.92 Å². The van der Waals surface area contributed by atoms with Crippen molar-refractivity contribution >= 4 is 5.91 Å². The van der Waals surface area contributed by atoms with Crippen LogP contribution in [-0.2, 0) is 4.79 Å². The molecular weight excluding hydrogens is 226 g/mol. The zero-order chi connectivity index (χ0) is 13.5. The minimum absolute atomic E-state index is 0.00733. The highest BCUT2D eigenvalue weighted by molar-refractivity contribution is 5.81. The van der Waals surface area contributed by atoms with E-state index in [0.717, 1.165) is 38.9 Å². The second-order valence-electron chi connectivity index (χ2n) is 5.60. The van der Waals surface area contributed by atoms with Crippen LogP contribution in [0.4, 0.5) is 0 Å². The van der Waals surface area contributed by atoms with Crippen LogP contribution in [0.25, 0.3) is 0 Å². The molecule has 106 valence electrons. The minimum atomic E-state index is -0.00733. The van der Waals surface area contributed by atoms with Crippen molar-refractivity contribution in [2.45, 2.75) is 58.5 Å². The van der Waals surface area contributed by atoms with Gasteiger partial charge in [-0.25, -0.2) is 0 Å². The standard InChI is InChI=1S/C14H29N3O/c1-4-5-11(2)16-14(18)12(3)17-9-7-13(10-17)6-8-15/h11-13H,4-10,15H2,1-3H3,(H,16,18). The van der Waals surface area contributed by atoms with Gasteiger partial charge in [-0.05, 0) is 52.1 Å². The Balaban J connectivity index is 2.35. The third kappa shape index (κ3) is 4.58. The fraction of sp³-hybridized carbons (Fsp3) is 0.929. The average molecular weight is 255 g/mol. The largest absolute Gasteiger partial charge is 0.352 e. The van der Waals surface area contributed by atoms with Crippen LogP contribution >= 0.6 is 0 Å². The molecule has 0 aromatic heterocycles. The van der Waals surface area contributed by atoms with Gasteiger partial charge in [-0.3, -0.25) is 9.69 Å². The highest BCUT2D eigenvalue weighted by Gasteiger charge is 2.29. The third-order valence-corrected chi connectivity index (χ3v) is 3.93. The molecule has 0 aliphatic carbocycles. The molecule has 1 aliphatic heterocycles. The maximum absolute atomic E-state index is 12.1. The van der Waals surface area contributed by atoms with E-state index < -0.39 is 0 Å². The molecule has 1 amide bonds. The molecular formula is C14H29N3O. The zero-order valence-corrected chi connectivity index (χ0v) is 12.1. The quantitative estimate of drug-likeness (QED) is 0.722. The van der Waals surface area contributed by atoms with Gasteiger partial charge in [-0.15, -0.1) is 0 Å². The first-order chi connectivity index (χ1) is 8.58. The number of nitrogens with two attached hydrogens (primary N) is 1. The van der Waals surface area contributed by atoms with Crippen LogP contribution in [0.1, 0.15) is 46.5 Å². The molecule has 1 fully saturated rings. The van der Waals surface area contributed by atoms with Crippen molar-refractivity contribution in [2.75, 3.05) is 19.6 Å². The fourth-order valence-electron chi connectivity index (χ4n) is 2.72. The van der Waals surface area contributed by atoms with Gasteiger partial charge >= 0.3 is 0 Å². The Bertz CT molecular complexity index is 257. The second-order valence-corrected chi connectivity index (χ2v) is 5.60. The number of amides is 1. The molecule has 0 aromatic carbocycles. The van der Waals surface area contributed by atoms with Crippen LogP contribution < -0.4 is 11.1 Å². The summed E-state index contributed by atoms with van der Waals surface area (Å²) in [4.78, 5) is 14.4. The highest BCUT2D eigenvalue weighted by Crippen LogP contribution is 2.21. The molecule has 1 heterocycles. The Kier molecular flexibility index (Phi) is 6.65. The van der Waals surface area contributed by atoms with Crippen LogP contribution in [0.3, 0.4) is 0 Å². The van der Waals surface area contributed by atoms with E-state index in [-0.39, 0.29) is 18.0 Å².